The van der Waals surface area contributed by atoms with E-state index in [9.17, 15) is 4.79 Å². The molecule has 0 aliphatic carbocycles. The molecule has 2 heterocycles. The van der Waals surface area contributed by atoms with Crippen molar-refractivity contribution in [2.45, 2.75) is 12.8 Å². The fraction of sp³-hybridized carbons (Fsp3) is 0.286. The molecule has 0 radical (unpaired) electrons. The number of aromatic nitrogens is 1. The van der Waals surface area contributed by atoms with Crippen LogP contribution < -0.4 is 4.74 Å². The van der Waals surface area contributed by atoms with Gasteiger partial charge in [0.1, 0.15) is 10.8 Å². The Bertz CT molecular complexity index is 668. The summed E-state index contributed by atoms with van der Waals surface area (Å²) in [5.41, 5.74) is 2.05. The fourth-order valence-corrected chi connectivity index (χ4v) is 3.42. The predicted molar refractivity (Wildman–Crippen MR) is 77.7 cm³/mol. The molecule has 1 aliphatic rings. The monoisotopic (exact) mass is 309 g/mol. The molecule has 4 nitrogen and oxygen atoms in total. The maximum atomic E-state index is 11.6. The second-order valence-electron chi connectivity index (χ2n) is 4.38. The number of para-hydroxylation sites is 1. The third-order valence-electron chi connectivity index (χ3n) is 3.12. The predicted octanol–water partition coefficient (Wildman–Crippen LogP) is 3.58. The fourth-order valence-electron chi connectivity index (χ4n) is 2.19. The Balaban J connectivity index is 2.08. The molecule has 0 unspecified atom stereocenters. The number of benzene rings is 1. The third kappa shape index (κ3) is 2.27. The van der Waals surface area contributed by atoms with Gasteiger partial charge >= 0.3 is 5.97 Å². The first-order chi connectivity index (χ1) is 9.70. The van der Waals surface area contributed by atoms with E-state index >= 15 is 0 Å². The highest BCUT2D eigenvalue weighted by molar-refractivity contribution is 7.17. The van der Waals surface area contributed by atoms with E-state index in [2.05, 4.69) is 11.1 Å². The highest BCUT2D eigenvalue weighted by Crippen LogP contribution is 2.39. The summed E-state index contributed by atoms with van der Waals surface area (Å²) >= 11 is 7.23. The van der Waals surface area contributed by atoms with Crippen molar-refractivity contribution >= 4 is 28.9 Å². The highest BCUT2D eigenvalue weighted by atomic mass is 35.5. The summed E-state index contributed by atoms with van der Waals surface area (Å²) in [6, 6.07) is 5.95. The minimum absolute atomic E-state index is 0.172. The lowest BCUT2D eigenvalue weighted by Gasteiger charge is -2.19. The van der Waals surface area contributed by atoms with Crippen LogP contribution in [0.3, 0.4) is 0 Å². The number of thiazole rings is 1. The maximum Gasteiger partial charge on any atom is 0.351 e. The molecular weight excluding hydrogens is 298 g/mol. The molecule has 0 atom stereocenters. The SMILES string of the molecule is COC(=O)c1sc(-c2cccc3c2OCCC3)nc1Cl. The number of carbonyl (C=O) groups excluding carboxylic acids is 1. The van der Waals surface area contributed by atoms with Crippen molar-refractivity contribution in [3.63, 3.8) is 0 Å². The lowest BCUT2D eigenvalue weighted by Crippen LogP contribution is -2.09. The first kappa shape index (κ1) is 13.4. The molecule has 1 aromatic carbocycles. The van der Waals surface area contributed by atoms with Gasteiger partial charge in [0.25, 0.3) is 0 Å². The van der Waals surface area contributed by atoms with Gasteiger partial charge in [-0.05, 0) is 24.5 Å². The first-order valence-electron chi connectivity index (χ1n) is 6.20. The Hall–Kier alpha value is -1.59. The minimum Gasteiger partial charge on any atom is -0.493 e. The lowest BCUT2D eigenvalue weighted by molar-refractivity contribution is 0.0606. The van der Waals surface area contributed by atoms with Crippen LogP contribution in [0.25, 0.3) is 10.6 Å². The molecule has 0 N–H and O–H groups in total. The molecule has 6 heteroatoms. The van der Waals surface area contributed by atoms with Crippen LogP contribution in [0.2, 0.25) is 5.15 Å². The van der Waals surface area contributed by atoms with Crippen molar-refractivity contribution < 1.29 is 14.3 Å². The van der Waals surface area contributed by atoms with E-state index in [1.165, 1.54) is 24.0 Å². The van der Waals surface area contributed by atoms with Gasteiger partial charge in [-0.1, -0.05) is 23.7 Å². The van der Waals surface area contributed by atoms with Gasteiger partial charge in [-0.2, -0.15) is 0 Å². The molecule has 1 aromatic heterocycles. The quantitative estimate of drug-likeness (QED) is 0.796. The van der Waals surface area contributed by atoms with Crippen molar-refractivity contribution in [2.75, 3.05) is 13.7 Å². The molecule has 1 aliphatic heterocycles. The number of esters is 1. The van der Waals surface area contributed by atoms with Crippen LogP contribution in [-0.4, -0.2) is 24.7 Å². The van der Waals surface area contributed by atoms with Crippen molar-refractivity contribution in [1.29, 1.82) is 0 Å². The molecule has 0 saturated heterocycles. The number of methoxy groups -OCH3 is 1. The molecule has 0 amide bonds. The number of hydrogen-bond donors (Lipinski definition) is 0. The highest BCUT2D eigenvalue weighted by Gasteiger charge is 2.22. The summed E-state index contributed by atoms with van der Waals surface area (Å²) in [6.45, 7) is 0.701. The Morgan fingerprint density at radius 2 is 2.35 bits per heavy atom. The van der Waals surface area contributed by atoms with Crippen LogP contribution in [0.15, 0.2) is 18.2 Å². The maximum absolute atomic E-state index is 11.6. The Morgan fingerprint density at radius 3 is 3.15 bits per heavy atom. The Morgan fingerprint density at radius 1 is 1.50 bits per heavy atom. The van der Waals surface area contributed by atoms with E-state index in [1.54, 1.807) is 0 Å². The summed E-state index contributed by atoms with van der Waals surface area (Å²) in [5.74, 6) is 0.380. The second-order valence-corrected chi connectivity index (χ2v) is 5.73. The van der Waals surface area contributed by atoms with Crippen LogP contribution in [0.4, 0.5) is 0 Å². The summed E-state index contributed by atoms with van der Waals surface area (Å²) in [7, 11) is 1.32. The first-order valence-corrected chi connectivity index (χ1v) is 7.40. The molecular formula is C14H12ClNO3S. The van der Waals surface area contributed by atoms with E-state index in [1.807, 2.05) is 12.1 Å². The van der Waals surface area contributed by atoms with Crippen LogP contribution >= 0.6 is 22.9 Å². The van der Waals surface area contributed by atoms with E-state index in [-0.39, 0.29) is 5.15 Å². The molecule has 0 bridgehead atoms. The summed E-state index contributed by atoms with van der Waals surface area (Å²) in [6.07, 6.45) is 2.01. The second kappa shape index (κ2) is 5.42. The van der Waals surface area contributed by atoms with Crippen LogP contribution in [0, 0.1) is 0 Å². The van der Waals surface area contributed by atoms with Gasteiger partial charge < -0.3 is 9.47 Å². The molecule has 2 aromatic rings. The molecule has 3 rings (SSSR count). The number of carbonyl (C=O) groups is 1. The minimum atomic E-state index is -0.468. The number of hydrogen-bond acceptors (Lipinski definition) is 5. The van der Waals surface area contributed by atoms with E-state index in [0.29, 0.717) is 16.5 Å². The van der Waals surface area contributed by atoms with Crippen molar-refractivity contribution in [3.8, 4) is 16.3 Å². The summed E-state index contributed by atoms with van der Waals surface area (Å²) in [4.78, 5) is 16.2. The normalized spacial score (nSPS) is 13.5. The lowest BCUT2D eigenvalue weighted by atomic mass is 10.0. The number of fused-ring (bicyclic) bond motifs is 1. The van der Waals surface area contributed by atoms with Gasteiger partial charge in [-0.25, -0.2) is 9.78 Å². The standard InChI is InChI=1S/C14H12ClNO3S/c1-18-14(17)11-12(15)16-13(20-11)9-6-2-4-8-5-3-7-19-10(8)9/h2,4,6H,3,5,7H2,1H3. The number of ether oxygens (including phenoxy) is 2. The molecule has 20 heavy (non-hydrogen) atoms. The average molecular weight is 310 g/mol. The van der Waals surface area contributed by atoms with Crippen LogP contribution in [0.5, 0.6) is 5.75 Å². The van der Waals surface area contributed by atoms with E-state index in [0.717, 1.165) is 24.2 Å². The van der Waals surface area contributed by atoms with Crippen LogP contribution in [-0.2, 0) is 11.2 Å². The van der Waals surface area contributed by atoms with Gasteiger partial charge in [0.05, 0.1) is 19.3 Å². The number of aryl methyl sites for hydroxylation is 1. The largest absolute Gasteiger partial charge is 0.493 e. The number of halogens is 1. The van der Waals surface area contributed by atoms with Crippen LogP contribution in [0.1, 0.15) is 21.7 Å². The molecule has 0 spiro atoms. The van der Waals surface area contributed by atoms with Gasteiger partial charge in [-0.15, -0.1) is 11.3 Å². The zero-order valence-electron chi connectivity index (χ0n) is 10.8. The van der Waals surface area contributed by atoms with Crippen molar-refractivity contribution in [1.82, 2.24) is 4.98 Å². The van der Waals surface area contributed by atoms with Gasteiger partial charge in [0.2, 0.25) is 0 Å². The third-order valence-corrected chi connectivity index (χ3v) is 4.57. The van der Waals surface area contributed by atoms with Gasteiger partial charge in [-0.3, -0.25) is 0 Å². The summed E-state index contributed by atoms with van der Waals surface area (Å²) < 4.78 is 10.4. The van der Waals surface area contributed by atoms with E-state index < -0.39 is 5.97 Å². The Labute approximate surface area is 125 Å². The topological polar surface area (TPSA) is 48.4 Å². The average Bonchev–Trinajstić information content (AvgIpc) is 2.87. The zero-order valence-corrected chi connectivity index (χ0v) is 12.4. The summed E-state index contributed by atoms with van der Waals surface area (Å²) in [5, 5.41) is 0.847. The van der Waals surface area contributed by atoms with E-state index in [4.69, 9.17) is 21.1 Å². The number of nitrogens with zero attached hydrogens (tertiary/aromatic N) is 1. The number of rotatable bonds is 2. The van der Waals surface area contributed by atoms with Crippen molar-refractivity contribution in [3.05, 3.63) is 33.8 Å². The van der Waals surface area contributed by atoms with Crippen molar-refractivity contribution in [2.24, 2.45) is 0 Å². The Kier molecular flexibility index (Phi) is 3.63. The van der Waals surface area contributed by atoms with Gasteiger partial charge in [0, 0.05) is 0 Å². The molecule has 0 saturated carbocycles. The van der Waals surface area contributed by atoms with Gasteiger partial charge in [0.15, 0.2) is 10.0 Å². The smallest absolute Gasteiger partial charge is 0.351 e. The molecule has 104 valence electrons. The zero-order chi connectivity index (χ0) is 14.1. The molecule has 0 fully saturated rings.